The Morgan fingerprint density at radius 3 is 2.65 bits per heavy atom. The third-order valence-corrected chi connectivity index (χ3v) is 4.11. The molecule has 3 aromatic rings. The zero-order chi connectivity index (χ0) is 18.7. The Balaban J connectivity index is 1.79. The highest BCUT2D eigenvalue weighted by molar-refractivity contribution is 6.01. The summed E-state index contributed by atoms with van der Waals surface area (Å²) in [6.07, 6.45) is 0.773. The average Bonchev–Trinajstić information content (AvgIpc) is 2.62. The number of aromatic carboxylic acids is 1. The topological polar surface area (TPSA) is 105 Å². The van der Waals surface area contributed by atoms with Crippen molar-refractivity contribution in [3.8, 4) is 0 Å². The van der Waals surface area contributed by atoms with Crippen LogP contribution in [0.4, 0.5) is 11.4 Å². The summed E-state index contributed by atoms with van der Waals surface area (Å²) in [6.45, 7) is 1.94. The Kier molecular flexibility index (Phi) is 4.84. The monoisotopic (exact) mass is 349 g/mol. The molecule has 0 spiro atoms. The first kappa shape index (κ1) is 17.4. The van der Waals surface area contributed by atoms with E-state index < -0.39 is 5.97 Å². The second kappa shape index (κ2) is 7.23. The molecule has 1 amide bonds. The van der Waals surface area contributed by atoms with Crippen LogP contribution in [-0.2, 0) is 17.6 Å². The van der Waals surface area contributed by atoms with Gasteiger partial charge >= 0.3 is 5.97 Å². The number of fused-ring (bicyclic) bond motifs is 1. The molecule has 0 aliphatic rings. The molecule has 6 heteroatoms. The van der Waals surface area contributed by atoms with Crippen LogP contribution in [0.15, 0.2) is 48.5 Å². The maximum Gasteiger partial charge on any atom is 0.337 e. The first-order chi connectivity index (χ1) is 12.5. The molecular weight excluding hydrogens is 330 g/mol. The number of carbonyl (C=O) groups excluding carboxylic acids is 1. The van der Waals surface area contributed by atoms with Gasteiger partial charge in [-0.15, -0.1) is 0 Å². The predicted octanol–water partition coefficient (Wildman–Crippen LogP) is 3.26. The van der Waals surface area contributed by atoms with Gasteiger partial charge in [-0.05, 0) is 48.4 Å². The minimum absolute atomic E-state index is 0.0505. The summed E-state index contributed by atoms with van der Waals surface area (Å²) in [5.41, 5.74) is 9.02. The summed E-state index contributed by atoms with van der Waals surface area (Å²) in [5, 5.41) is 12.9. The number of carboxylic acids is 1. The fraction of sp³-hybridized carbons (Fsp3) is 0.150. The fourth-order valence-corrected chi connectivity index (χ4v) is 2.74. The van der Waals surface area contributed by atoms with Crippen LogP contribution in [0, 0.1) is 0 Å². The standard InChI is InChI=1S/C20H19N3O3/c1-2-12-3-7-18(16(9-12)20(25)26)23-19(24)11-15-6-4-13-10-14(21)5-8-17(13)22-15/h3-10H,2,11,21H2,1H3,(H,23,24)(H,25,26). The van der Waals surface area contributed by atoms with Gasteiger partial charge < -0.3 is 16.2 Å². The number of aromatic nitrogens is 1. The van der Waals surface area contributed by atoms with E-state index in [0.29, 0.717) is 11.4 Å². The van der Waals surface area contributed by atoms with Crippen molar-refractivity contribution in [1.29, 1.82) is 0 Å². The maximum atomic E-state index is 12.3. The number of nitrogens with two attached hydrogens (primary N) is 1. The Hall–Kier alpha value is -3.41. The van der Waals surface area contributed by atoms with E-state index in [1.807, 2.05) is 19.1 Å². The van der Waals surface area contributed by atoms with Crippen LogP contribution >= 0.6 is 0 Å². The van der Waals surface area contributed by atoms with E-state index in [1.165, 1.54) is 0 Å². The maximum absolute atomic E-state index is 12.3. The molecule has 0 atom stereocenters. The second-order valence-electron chi connectivity index (χ2n) is 6.02. The summed E-state index contributed by atoms with van der Waals surface area (Å²) in [5.74, 6) is -1.39. The number of nitrogens with zero attached hydrogens (tertiary/aromatic N) is 1. The molecule has 0 saturated carbocycles. The van der Waals surface area contributed by atoms with E-state index in [1.54, 1.807) is 36.4 Å². The van der Waals surface area contributed by atoms with E-state index in [0.717, 1.165) is 22.9 Å². The molecule has 2 aromatic carbocycles. The minimum atomic E-state index is -1.07. The van der Waals surface area contributed by atoms with E-state index in [2.05, 4.69) is 10.3 Å². The van der Waals surface area contributed by atoms with Crippen LogP contribution in [0.5, 0.6) is 0 Å². The Morgan fingerprint density at radius 2 is 1.92 bits per heavy atom. The van der Waals surface area contributed by atoms with E-state index in [-0.39, 0.29) is 23.6 Å². The molecule has 0 aliphatic carbocycles. The van der Waals surface area contributed by atoms with Crippen molar-refractivity contribution in [1.82, 2.24) is 4.98 Å². The molecule has 1 aromatic heterocycles. The SMILES string of the molecule is CCc1ccc(NC(=O)Cc2ccc3cc(N)ccc3n2)c(C(=O)O)c1. The summed E-state index contributed by atoms with van der Waals surface area (Å²) in [4.78, 5) is 28.2. The number of nitrogen functional groups attached to an aromatic ring is 1. The third kappa shape index (κ3) is 3.80. The van der Waals surface area contributed by atoms with Gasteiger partial charge in [0.25, 0.3) is 0 Å². The van der Waals surface area contributed by atoms with Gasteiger partial charge in [-0.2, -0.15) is 0 Å². The van der Waals surface area contributed by atoms with Crippen LogP contribution in [0.3, 0.4) is 0 Å². The van der Waals surface area contributed by atoms with Crippen LogP contribution in [-0.4, -0.2) is 22.0 Å². The number of pyridine rings is 1. The van der Waals surface area contributed by atoms with Crippen LogP contribution < -0.4 is 11.1 Å². The van der Waals surface area contributed by atoms with Gasteiger partial charge in [-0.3, -0.25) is 9.78 Å². The lowest BCUT2D eigenvalue weighted by Crippen LogP contribution is -2.17. The summed E-state index contributed by atoms with van der Waals surface area (Å²) < 4.78 is 0. The van der Waals surface area contributed by atoms with Gasteiger partial charge in [0.1, 0.15) is 0 Å². The highest BCUT2D eigenvalue weighted by atomic mass is 16.4. The molecule has 0 unspecified atom stereocenters. The van der Waals surface area contributed by atoms with Gasteiger partial charge in [-0.25, -0.2) is 4.79 Å². The first-order valence-electron chi connectivity index (χ1n) is 8.27. The second-order valence-corrected chi connectivity index (χ2v) is 6.02. The molecule has 0 saturated heterocycles. The lowest BCUT2D eigenvalue weighted by atomic mass is 10.1. The number of carboxylic acid groups (broad SMARTS) is 1. The van der Waals surface area contributed by atoms with Crippen molar-refractivity contribution in [2.24, 2.45) is 0 Å². The molecule has 26 heavy (non-hydrogen) atoms. The quantitative estimate of drug-likeness (QED) is 0.613. The predicted molar refractivity (Wildman–Crippen MR) is 101 cm³/mol. The molecule has 6 nitrogen and oxygen atoms in total. The molecule has 132 valence electrons. The van der Waals surface area contributed by atoms with E-state index >= 15 is 0 Å². The van der Waals surface area contributed by atoms with Crippen molar-refractivity contribution in [2.75, 3.05) is 11.1 Å². The Morgan fingerprint density at radius 1 is 1.12 bits per heavy atom. The van der Waals surface area contributed by atoms with Gasteiger partial charge in [-0.1, -0.05) is 19.1 Å². The van der Waals surface area contributed by atoms with Crippen molar-refractivity contribution in [3.05, 3.63) is 65.4 Å². The van der Waals surface area contributed by atoms with Crippen LogP contribution in [0.25, 0.3) is 10.9 Å². The Bertz CT molecular complexity index is 999. The molecule has 0 bridgehead atoms. The number of hydrogen-bond acceptors (Lipinski definition) is 4. The number of rotatable bonds is 5. The number of nitrogens with one attached hydrogen (secondary N) is 1. The highest BCUT2D eigenvalue weighted by Gasteiger charge is 2.14. The molecule has 4 N–H and O–H groups in total. The minimum Gasteiger partial charge on any atom is -0.478 e. The molecule has 0 radical (unpaired) electrons. The van der Waals surface area contributed by atoms with Crippen LogP contribution in [0.2, 0.25) is 0 Å². The smallest absolute Gasteiger partial charge is 0.337 e. The van der Waals surface area contributed by atoms with Gasteiger partial charge in [0.2, 0.25) is 5.91 Å². The average molecular weight is 349 g/mol. The lowest BCUT2D eigenvalue weighted by molar-refractivity contribution is -0.115. The van der Waals surface area contributed by atoms with E-state index in [9.17, 15) is 14.7 Å². The number of amides is 1. The van der Waals surface area contributed by atoms with E-state index in [4.69, 9.17) is 5.73 Å². The zero-order valence-electron chi connectivity index (χ0n) is 14.3. The molecular formula is C20H19N3O3. The number of aryl methyl sites for hydroxylation is 1. The van der Waals surface area contributed by atoms with Gasteiger partial charge in [0.05, 0.1) is 28.9 Å². The third-order valence-electron chi connectivity index (χ3n) is 4.11. The summed E-state index contributed by atoms with van der Waals surface area (Å²) >= 11 is 0. The Labute approximate surface area is 150 Å². The highest BCUT2D eigenvalue weighted by Crippen LogP contribution is 2.20. The molecule has 0 aliphatic heterocycles. The van der Waals surface area contributed by atoms with Crippen molar-refractivity contribution < 1.29 is 14.7 Å². The summed E-state index contributed by atoms with van der Waals surface area (Å²) in [7, 11) is 0. The van der Waals surface area contributed by atoms with Crippen molar-refractivity contribution in [3.63, 3.8) is 0 Å². The molecule has 1 heterocycles. The van der Waals surface area contributed by atoms with Crippen LogP contribution in [0.1, 0.15) is 28.5 Å². The van der Waals surface area contributed by atoms with Crippen molar-refractivity contribution >= 4 is 34.2 Å². The molecule has 0 fully saturated rings. The molecule has 3 rings (SSSR count). The van der Waals surface area contributed by atoms with Crippen molar-refractivity contribution in [2.45, 2.75) is 19.8 Å². The largest absolute Gasteiger partial charge is 0.478 e. The lowest BCUT2D eigenvalue weighted by Gasteiger charge is -2.10. The van der Waals surface area contributed by atoms with Gasteiger partial charge in [0, 0.05) is 11.1 Å². The summed E-state index contributed by atoms with van der Waals surface area (Å²) in [6, 6.07) is 14.0. The van der Waals surface area contributed by atoms with Gasteiger partial charge in [0.15, 0.2) is 0 Å². The number of carbonyl (C=O) groups is 2. The number of hydrogen-bond donors (Lipinski definition) is 3. The first-order valence-corrected chi connectivity index (χ1v) is 8.27. The number of benzene rings is 2. The fourth-order valence-electron chi connectivity index (χ4n) is 2.74. The number of anilines is 2. The normalized spacial score (nSPS) is 10.7. The zero-order valence-corrected chi connectivity index (χ0v) is 14.3.